The Morgan fingerprint density at radius 2 is 0.625 bits per heavy atom. The fourth-order valence-corrected chi connectivity index (χ4v) is 3.86. The van der Waals surface area contributed by atoms with Crippen molar-refractivity contribution in [1.29, 1.82) is 0 Å². The molecule has 264 valence electrons. The van der Waals surface area contributed by atoms with Gasteiger partial charge in [0.05, 0.1) is 0 Å². The number of hydrogen-bond donors (Lipinski definition) is 0. The van der Waals surface area contributed by atoms with Crippen molar-refractivity contribution in [1.82, 2.24) is 34.9 Å². The van der Waals surface area contributed by atoms with Gasteiger partial charge in [0, 0.05) is 34.2 Å². The molecular weight excluding hydrogens is 591 g/mol. The number of aromatic nitrogens is 7. The van der Waals surface area contributed by atoms with Crippen LogP contribution in [0, 0.1) is 83.1 Å². The molecule has 0 fully saturated rings. The number of benzene rings is 1. The van der Waals surface area contributed by atoms with E-state index in [1.54, 1.807) is 0 Å². The summed E-state index contributed by atoms with van der Waals surface area (Å²) in [5, 5.41) is 0. The van der Waals surface area contributed by atoms with Gasteiger partial charge >= 0.3 is 0 Å². The molecule has 5 rings (SSSR count). The maximum atomic E-state index is 4.27. The highest BCUT2D eigenvalue weighted by Crippen LogP contribution is 2.03. The zero-order chi connectivity index (χ0) is 37.7. The Morgan fingerprint density at radius 3 is 0.896 bits per heavy atom. The van der Waals surface area contributed by atoms with Crippen LogP contribution in [0.5, 0.6) is 0 Å². The third-order valence-corrected chi connectivity index (χ3v) is 5.45. The van der Waals surface area contributed by atoms with Crippen LogP contribution in [-0.4, -0.2) is 34.9 Å². The minimum atomic E-state index is 0.792. The van der Waals surface area contributed by atoms with E-state index in [4.69, 9.17) is 0 Å². The Bertz CT molecular complexity index is 1210. The van der Waals surface area contributed by atoms with E-state index in [0.717, 1.165) is 57.5 Å². The molecule has 0 atom stereocenters. The molecule has 0 radical (unpaired) electrons. The van der Waals surface area contributed by atoms with Crippen LogP contribution in [0.1, 0.15) is 110 Å². The van der Waals surface area contributed by atoms with E-state index in [-0.39, 0.29) is 0 Å². The number of rotatable bonds is 0. The van der Waals surface area contributed by atoms with Crippen LogP contribution in [0.15, 0.2) is 66.7 Å². The summed E-state index contributed by atoms with van der Waals surface area (Å²) in [6, 6.07) is 22.2. The van der Waals surface area contributed by atoms with E-state index in [1.165, 1.54) is 11.1 Å². The number of pyridine rings is 2. The molecule has 1 aromatic carbocycles. The van der Waals surface area contributed by atoms with Crippen LogP contribution in [0.4, 0.5) is 0 Å². The van der Waals surface area contributed by atoms with E-state index in [1.807, 2.05) is 159 Å². The Labute approximate surface area is 294 Å². The van der Waals surface area contributed by atoms with Crippen molar-refractivity contribution in [3.8, 4) is 0 Å². The van der Waals surface area contributed by atoms with Crippen molar-refractivity contribution in [2.24, 2.45) is 0 Å². The summed E-state index contributed by atoms with van der Waals surface area (Å²) in [6.45, 7) is 35.7. The number of aryl methyl sites for hydroxylation is 12. The van der Waals surface area contributed by atoms with E-state index < -0.39 is 0 Å². The molecule has 0 bridgehead atoms. The molecule has 0 aliphatic carbocycles. The van der Waals surface area contributed by atoms with Crippen molar-refractivity contribution < 1.29 is 0 Å². The van der Waals surface area contributed by atoms with Crippen LogP contribution in [0.2, 0.25) is 0 Å². The second-order valence-corrected chi connectivity index (χ2v) is 10.1. The molecule has 48 heavy (non-hydrogen) atoms. The smallest absolute Gasteiger partial charge is 0.129 e. The van der Waals surface area contributed by atoms with Crippen molar-refractivity contribution >= 4 is 0 Å². The van der Waals surface area contributed by atoms with Gasteiger partial charge in [0.15, 0.2) is 0 Å². The molecule has 4 heterocycles. The Morgan fingerprint density at radius 1 is 0.312 bits per heavy atom. The summed E-state index contributed by atoms with van der Waals surface area (Å²) in [7, 11) is 0. The summed E-state index contributed by atoms with van der Waals surface area (Å²) < 4.78 is 0. The molecule has 7 heteroatoms. The average molecular weight is 656 g/mol. The van der Waals surface area contributed by atoms with Gasteiger partial charge < -0.3 is 0 Å². The molecule has 0 saturated heterocycles. The maximum Gasteiger partial charge on any atom is 0.129 e. The van der Waals surface area contributed by atoms with Crippen molar-refractivity contribution in [3.63, 3.8) is 0 Å². The topological polar surface area (TPSA) is 90.2 Å². The van der Waals surface area contributed by atoms with E-state index >= 15 is 0 Å². The molecule has 0 spiro atoms. The van der Waals surface area contributed by atoms with Gasteiger partial charge in [-0.25, -0.2) is 24.9 Å². The minimum absolute atomic E-state index is 0.792. The monoisotopic (exact) mass is 656 g/mol. The Balaban J connectivity index is -0.000000509. The first kappa shape index (κ1) is 48.0. The molecular formula is C41H65N7. The summed E-state index contributed by atoms with van der Waals surface area (Å²) >= 11 is 0. The third kappa shape index (κ3) is 26.8. The normalized spacial score (nSPS) is 8.62. The lowest BCUT2D eigenvalue weighted by Crippen LogP contribution is -1.97. The van der Waals surface area contributed by atoms with Crippen LogP contribution in [0.3, 0.4) is 0 Å². The fraction of sp³-hybridized carbons (Fsp3) is 0.439. The highest BCUT2D eigenvalue weighted by atomic mass is 15.0. The quantitative estimate of drug-likeness (QED) is 0.164. The maximum absolute atomic E-state index is 4.27. The van der Waals surface area contributed by atoms with Crippen LogP contribution >= 0.6 is 0 Å². The fourth-order valence-electron chi connectivity index (χ4n) is 3.86. The lowest BCUT2D eigenvalue weighted by molar-refractivity contribution is 0.875. The molecule has 0 amide bonds. The van der Waals surface area contributed by atoms with E-state index in [0.29, 0.717) is 0 Å². The van der Waals surface area contributed by atoms with Crippen molar-refractivity contribution in [3.05, 3.63) is 135 Å². The second kappa shape index (κ2) is 30.0. The van der Waals surface area contributed by atoms with Gasteiger partial charge in [0.2, 0.25) is 0 Å². The summed E-state index contributed by atoms with van der Waals surface area (Å²) in [5.41, 5.74) is 9.08. The highest BCUT2D eigenvalue weighted by Gasteiger charge is 1.93. The van der Waals surface area contributed by atoms with Gasteiger partial charge in [-0.2, -0.15) is 0 Å². The summed E-state index contributed by atoms with van der Waals surface area (Å²) in [6.07, 6.45) is 0. The van der Waals surface area contributed by atoms with Gasteiger partial charge in [0.1, 0.15) is 23.3 Å². The first-order chi connectivity index (χ1) is 22.7. The molecule has 0 N–H and O–H groups in total. The van der Waals surface area contributed by atoms with Gasteiger partial charge in [0.25, 0.3) is 0 Å². The average Bonchev–Trinajstić information content (AvgIpc) is 3.02. The largest absolute Gasteiger partial charge is 0.258 e. The zero-order valence-electron chi connectivity index (χ0n) is 33.5. The Kier molecular flexibility index (Phi) is 30.0. The van der Waals surface area contributed by atoms with Crippen molar-refractivity contribution in [2.75, 3.05) is 0 Å². The SMILES string of the molecule is CC.CC.CC.Cc1cc(C)nc(C)c1.Cc1cc(C)nc(C)n1.Cc1ccc(C)c(C)n1.Cc1nc(C)nc(C)n1.c1ccccc1. The van der Waals surface area contributed by atoms with Gasteiger partial charge in [-0.1, -0.05) is 84.0 Å². The van der Waals surface area contributed by atoms with Crippen molar-refractivity contribution in [2.45, 2.75) is 125 Å². The van der Waals surface area contributed by atoms with Crippen LogP contribution < -0.4 is 0 Å². The standard InChI is InChI=1S/2C8H11N.C7H10N2.C6H9N3.C6H6.3C2H6/c1-6-4-7(2)9-8(3)5-6;1-6-4-5-7(2)9-8(6)3;1-5-4-6(2)9-7(3)8-5;1-4-7-5(2)9-6(3)8-4;1-2-4-6-5-3-1;3*1-2/h2*4-5H,1-3H3;4H,1-3H3;1-3H3;1-6H;3*1-2H3. The molecule has 0 aliphatic heterocycles. The number of hydrogen-bond acceptors (Lipinski definition) is 7. The summed E-state index contributed by atoms with van der Waals surface area (Å²) in [4.78, 5) is 28.8. The van der Waals surface area contributed by atoms with Gasteiger partial charge in [-0.05, 0) is 118 Å². The Hall–Kier alpha value is -4.39. The van der Waals surface area contributed by atoms with E-state index in [2.05, 4.69) is 66.9 Å². The lowest BCUT2D eigenvalue weighted by atomic mass is 10.2. The molecule has 4 aromatic heterocycles. The first-order valence-corrected chi connectivity index (χ1v) is 17.0. The minimum Gasteiger partial charge on any atom is -0.258 e. The van der Waals surface area contributed by atoms with E-state index in [9.17, 15) is 0 Å². The first-order valence-electron chi connectivity index (χ1n) is 17.0. The summed E-state index contributed by atoms with van der Waals surface area (Å²) in [5.74, 6) is 3.23. The van der Waals surface area contributed by atoms with Crippen LogP contribution in [-0.2, 0) is 0 Å². The predicted molar refractivity (Wildman–Crippen MR) is 208 cm³/mol. The van der Waals surface area contributed by atoms with Gasteiger partial charge in [-0.15, -0.1) is 0 Å². The van der Waals surface area contributed by atoms with Crippen LogP contribution in [0.25, 0.3) is 0 Å². The molecule has 0 saturated carbocycles. The number of nitrogens with zero attached hydrogens (tertiary/aromatic N) is 7. The molecule has 0 unspecified atom stereocenters. The lowest BCUT2D eigenvalue weighted by Gasteiger charge is -1.97. The molecule has 7 nitrogen and oxygen atoms in total. The molecule has 5 aromatic rings. The second-order valence-electron chi connectivity index (χ2n) is 10.1. The zero-order valence-corrected chi connectivity index (χ0v) is 33.5. The third-order valence-electron chi connectivity index (χ3n) is 5.45. The highest BCUT2D eigenvalue weighted by molar-refractivity contribution is 5.19. The molecule has 0 aliphatic rings. The van der Waals surface area contributed by atoms with Gasteiger partial charge in [-0.3, -0.25) is 9.97 Å². The predicted octanol–water partition coefficient (Wildman–Crippen LogP) is 11.0.